The molecular weight excluding hydrogens is 260 g/mol. The molecule has 0 aromatic heterocycles. The molecule has 0 spiro atoms. The summed E-state index contributed by atoms with van der Waals surface area (Å²) in [5.74, 6) is 0. The van der Waals surface area contributed by atoms with E-state index in [-0.39, 0.29) is 0 Å². The Hall–Kier alpha value is -2.70. The van der Waals surface area contributed by atoms with Crippen molar-refractivity contribution < 1.29 is 36.9 Å². The van der Waals surface area contributed by atoms with Crippen LogP contribution in [0.15, 0.2) is 0 Å². The molecule has 0 heterocycles. The molecule has 0 atom stereocenters. The van der Waals surface area contributed by atoms with Gasteiger partial charge >= 0.3 is 33.4 Å². The van der Waals surface area contributed by atoms with Gasteiger partial charge in [-0.05, 0) is 0 Å². The van der Waals surface area contributed by atoms with Crippen molar-refractivity contribution in [2.75, 3.05) is 0 Å². The smallest absolute Gasteiger partial charge is 0.406 e. The first kappa shape index (κ1) is 14.3. The van der Waals surface area contributed by atoms with Crippen molar-refractivity contribution in [3.8, 4) is 0 Å². The van der Waals surface area contributed by atoms with Gasteiger partial charge in [0, 0.05) is 0 Å². The fraction of sp³-hybridized carbons (Fsp3) is 0. The van der Waals surface area contributed by atoms with Crippen LogP contribution in [0.25, 0.3) is 0 Å². The predicted molar refractivity (Wildman–Crippen MR) is 48.4 cm³/mol. The zero-order valence-corrected chi connectivity index (χ0v) is 9.08. The first-order valence-corrected chi connectivity index (χ1v) is 5.24. The topological polar surface area (TPSA) is 209 Å². The number of rotatable bonds is 4. The largest absolute Gasteiger partial charge is 0.979 e. The lowest BCUT2D eigenvalue weighted by Crippen LogP contribution is -2.57. The van der Waals surface area contributed by atoms with E-state index >= 15 is 0 Å². The molecule has 0 unspecified atom stereocenters. The SMILES string of the molecule is NC(=O)O[Si](OC(N)=O)(OC(N)=O)OC(N)=O. The summed E-state index contributed by atoms with van der Waals surface area (Å²) in [5.41, 5.74) is 18.3. The standard InChI is InChI=1S/C4H8N4O8Si/c5-1(9)13-17(14-2(6)10,15-3(7)11)16-4(8)12/h(H2,5,9)(H2,6,10)(H2,7,11)(H2,8,12). The molecule has 0 aliphatic heterocycles. The van der Waals surface area contributed by atoms with Crippen LogP contribution in [0.1, 0.15) is 0 Å². The molecule has 0 radical (unpaired) electrons. The molecule has 8 N–H and O–H groups in total. The number of hydrogen-bond acceptors (Lipinski definition) is 8. The maximum absolute atomic E-state index is 10.5. The highest BCUT2D eigenvalue weighted by Crippen LogP contribution is 2.12. The fourth-order valence-corrected chi connectivity index (χ4v) is 1.85. The van der Waals surface area contributed by atoms with Crippen molar-refractivity contribution in [2.24, 2.45) is 22.9 Å². The van der Waals surface area contributed by atoms with Crippen LogP contribution in [0, 0.1) is 0 Å². The Labute approximate surface area is 94.2 Å². The molecule has 4 amide bonds. The zero-order chi connectivity index (χ0) is 13.6. The minimum absolute atomic E-state index is 1.58. The first-order chi connectivity index (χ1) is 7.67. The second-order valence-corrected chi connectivity index (χ2v) is 4.00. The highest BCUT2D eigenvalue weighted by atomic mass is 28.4. The van der Waals surface area contributed by atoms with Gasteiger partial charge in [-0.25, -0.2) is 19.2 Å². The molecule has 0 aromatic rings. The van der Waals surface area contributed by atoms with Crippen LogP contribution in [-0.2, 0) is 17.7 Å². The van der Waals surface area contributed by atoms with Crippen LogP contribution < -0.4 is 22.9 Å². The summed E-state index contributed by atoms with van der Waals surface area (Å²) in [6, 6.07) is 0. The van der Waals surface area contributed by atoms with Gasteiger partial charge in [0.1, 0.15) is 0 Å². The summed E-state index contributed by atoms with van der Waals surface area (Å²) < 4.78 is 16.3. The van der Waals surface area contributed by atoms with Crippen LogP contribution in [0.5, 0.6) is 0 Å². The molecular formula is C4H8N4O8Si. The summed E-state index contributed by atoms with van der Waals surface area (Å²) in [6.07, 6.45) is -6.33. The van der Waals surface area contributed by atoms with Crippen molar-refractivity contribution in [3.63, 3.8) is 0 Å². The Morgan fingerprint density at radius 1 is 0.588 bits per heavy atom. The van der Waals surface area contributed by atoms with E-state index in [1.807, 2.05) is 0 Å². The fourth-order valence-electron chi connectivity index (χ4n) is 0.618. The Morgan fingerprint density at radius 2 is 0.765 bits per heavy atom. The molecule has 0 fully saturated rings. The van der Waals surface area contributed by atoms with E-state index in [2.05, 4.69) is 40.6 Å². The number of hydrogen-bond donors (Lipinski definition) is 4. The third-order valence-electron chi connectivity index (χ3n) is 0.902. The van der Waals surface area contributed by atoms with Gasteiger partial charge in [0.15, 0.2) is 0 Å². The Kier molecular flexibility index (Phi) is 4.54. The van der Waals surface area contributed by atoms with Crippen molar-refractivity contribution in [1.29, 1.82) is 0 Å². The number of primary amides is 4. The van der Waals surface area contributed by atoms with Crippen molar-refractivity contribution in [3.05, 3.63) is 0 Å². The summed E-state index contributed by atoms with van der Waals surface area (Å²) >= 11 is 0. The van der Waals surface area contributed by atoms with E-state index in [1.54, 1.807) is 0 Å². The van der Waals surface area contributed by atoms with E-state index in [4.69, 9.17) is 0 Å². The third kappa shape index (κ3) is 5.67. The number of amides is 4. The van der Waals surface area contributed by atoms with E-state index < -0.39 is 33.4 Å². The summed E-state index contributed by atoms with van der Waals surface area (Å²) in [6.45, 7) is 0. The van der Waals surface area contributed by atoms with Crippen LogP contribution in [0.4, 0.5) is 19.2 Å². The average molecular weight is 268 g/mol. The predicted octanol–water partition coefficient (Wildman–Crippen LogP) is -2.20. The minimum atomic E-state index is -4.95. The Balaban J connectivity index is 5.16. The summed E-state index contributed by atoms with van der Waals surface area (Å²) in [7, 11) is -4.95. The molecule has 0 aliphatic rings. The molecule has 0 rings (SSSR count). The zero-order valence-electron chi connectivity index (χ0n) is 8.08. The quantitative estimate of drug-likeness (QED) is 0.410. The van der Waals surface area contributed by atoms with Gasteiger partial charge in [0.25, 0.3) is 0 Å². The van der Waals surface area contributed by atoms with Gasteiger partial charge in [0.2, 0.25) is 0 Å². The third-order valence-corrected chi connectivity index (χ3v) is 2.71. The van der Waals surface area contributed by atoms with Crippen molar-refractivity contribution in [1.82, 2.24) is 0 Å². The van der Waals surface area contributed by atoms with Crippen LogP contribution in [0.2, 0.25) is 0 Å². The maximum atomic E-state index is 10.5. The first-order valence-electron chi connectivity index (χ1n) is 3.60. The normalized spacial score (nSPS) is 9.88. The number of carbonyl (C=O) groups is 4. The van der Waals surface area contributed by atoms with E-state index in [9.17, 15) is 19.2 Å². The number of carbonyl (C=O) groups excluding carboxylic acids is 4. The monoisotopic (exact) mass is 268 g/mol. The lowest BCUT2D eigenvalue weighted by molar-refractivity contribution is 0.0568. The molecule has 0 saturated carbocycles. The van der Waals surface area contributed by atoms with Crippen molar-refractivity contribution >= 4 is 33.4 Å². The van der Waals surface area contributed by atoms with Gasteiger partial charge in [-0.3, -0.25) is 0 Å². The average Bonchev–Trinajstić information content (AvgIpc) is 1.95. The Morgan fingerprint density at radius 3 is 0.882 bits per heavy atom. The van der Waals surface area contributed by atoms with Gasteiger partial charge in [0.05, 0.1) is 0 Å². The van der Waals surface area contributed by atoms with Crippen molar-refractivity contribution in [2.45, 2.75) is 0 Å². The van der Waals surface area contributed by atoms with Gasteiger partial charge < -0.3 is 40.6 Å². The molecule has 0 saturated heterocycles. The highest BCUT2D eigenvalue weighted by molar-refractivity contribution is 6.60. The van der Waals surface area contributed by atoms with E-state index in [0.717, 1.165) is 0 Å². The Bertz CT molecular complexity index is 288. The molecule has 17 heavy (non-hydrogen) atoms. The van der Waals surface area contributed by atoms with E-state index in [0.29, 0.717) is 0 Å². The van der Waals surface area contributed by atoms with Gasteiger partial charge in [-0.2, -0.15) is 0 Å². The minimum Gasteiger partial charge on any atom is -0.406 e. The second-order valence-electron chi connectivity index (χ2n) is 2.18. The maximum Gasteiger partial charge on any atom is 0.979 e. The molecule has 0 aromatic carbocycles. The molecule has 0 bridgehead atoms. The van der Waals surface area contributed by atoms with Crippen LogP contribution >= 0.6 is 0 Å². The lowest BCUT2D eigenvalue weighted by atomic mass is 11.3. The van der Waals surface area contributed by atoms with Crippen LogP contribution in [0.3, 0.4) is 0 Å². The molecule has 0 aliphatic carbocycles. The number of nitrogens with two attached hydrogens (primary N) is 4. The summed E-state index contributed by atoms with van der Waals surface area (Å²) in [5, 5.41) is 0. The van der Waals surface area contributed by atoms with Crippen LogP contribution in [-0.4, -0.2) is 33.4 Å². The van der Waals surface area contributed by atoms with Gasteiger partial charge in [-0.15, -0.1) is 0 Å². The molecule has 12 nitrogen and oxygen atoms in total. The highest BCUT2D eigenvalue weighted by Gasteiger charge is 2.62. The lowest BCUT2D eigenvalue weighted by Gasteiger charge is -2.21. The second kappa shape index (κ2) is 5.40. The van der Waals surface area contributed by atoms with Gasteiger partial charge in [-0.1, -0.05) is 0 Å². The van der Waals surface area contributed by atoms with E-state index in [1.165, 1.54) is 0 Å². The molecule has 96 valence electrons. The summed E-state index contributed by atoms with van der Waals surface area (Å²) in [4.78, 5) is 42.0. The molecule has 13 heteroatoms.